The van der Waals surface area contributed by atoms with E-state index < -0.39 is 23.1 Å². The Kier molecular flexibility index (Phi) is 7.77. The van der Waals surface area contributed by atoms with Crippen LogP contribution in [0.15, 0.2) is 45.7 Å². The molecule has 178 valence electrons. The number of likely N-dealkylation sites (N-methyl/N-ethyl adjacent to an activating group) is 1. The number of nitrogens with one attached hydrogen (secondary N) is 2. The molecule has 3 aromatic rings. The highest BCUT2D eigenvalue weighted by Gasteiger charge is 2.18. The maximum absolute atomic E-state index is 13.9. The van der Waals surface area contributed by atoms with E-state index in [0.717, 1.165) is 12.1 Å². The van der Waals surface area contributed by atoms with E-state index in [0.29, 0.717) is 11.3 Å². The average Bonchev–Trinajstić information content (AvgIpc) is 2.80. The first-order valence-electron chi connectivity index (χ1n) is 10.1. The fourth-order valence-electron chi connectivity index (χ4n) is 3.09. The van der Waals surface area contributed by atoms with E-state index in [9.17, 15) is 23.2 Å². The Morgan fingerprint density at radius 1 is 1.15 bits per heavy atom. The van der Waals surface area contributed by atoms with Crippen LogP contribution >= 0.6 is 15.9 Å². The van der Waals surface area contributed by atoms with Crippen molar-refractivity contribution in [1.29, 1.82) is 0 Å². The summed E-state index contributed by atoms with van der Waals surface area (Å²) in [5, 5.41) is 4.91. The molecule has 0 saturated carbocycles. The van der Waals surface area contributed by atoms with Crippen LogP contribution in [0.3, 0.4) is 0 Å². The van der Waals surface area contributed by atoms with Gasteiger partial charge in [0.2, 0.25) is 11.8 Å². The van der Waals surface area contributed by atoms with Gasteiger partial charge in [-0.3, -0.25) is 19.0 Å². The molecule has 11 heteroatoms. The molecule has 2 aromatic carbocycles. The van der Waals surface area contributed by atoms with E-state index in [1.165, 1.54) is 23.7 Å². The second-order valence-electron chi connectivity index (χ2n) is 7.30. The van der Waals surface area contributed by atoms with Crippen LogP contribution in [0.5, 0.6) is 5.88 Å². The maximum atomic E-state index is 13.9. The average molecular weight is 535 g/mol. The highest BCUT2D eigenvalue weighted by atomic mass is 79.9. The molecule has 0 aliphatic carbocycles. The van der Waals surface area contributed by atoms with Gasteiger partial charge in [-0.2, -0.15) is 4.98 Å². The van der Waals surface area contributed by atoms with Crippen LogP contribution in [0.25, 0.3) is 5.69 Å². The monoisotopic (exact) mass is 534 g/mol. The van der Waals surface area contributed by atoms with Crippen molar-refractivity contribution in [3.63, 3.8) is 0 Å². The summed E-state index contributed by atoms with van der Waals surface area (Å²) in [5.74, 6) is -2.11. The number of aromatic nitrogens is 2. The van der Waals surface area contributed by atoms with E-state index in [2.05, 4.69) is 31.5 Å². The van der Waals surface area contributed by atoms with Gasteiger partial charge in [-0.05, 0) is 59.6 Å². The third kappa shape index (κ3) is 5.48. The molecule has 34 heavy (non-hydrogen) atoms. The van der Waals surface area contributed by atoms with Gasteiger partial charge in [-0.15, -0.1) is 0 Å². The molecule has 0 fully saturated rings. The summed E-state index contributed by atoms with van der Waals surface area (Å²) >= 11 is 3.19. The van der Waals surface area contributed by atoms with Crippen LogP contribution in [0.2, 0.25) is 0 Å². The van der Waals surface area contributed by atoms with Crippen molar-refractivity contribution in [3.05, 3.63) is 85.4 Å². The van der Waals surface area contributed by atoms with Gasteiger partial charge in [0.25, 0.3) is 11.5 Å². The fourth-order valence-corrected chi connectivity index (χ4v) is 3.47. The van der Waals surface area contributed by atoms with Crippen molar-refractivity contribution in [2.24, 2.45) is 0 Å². The lowest BCUT2D eigenvalue weighted by molar-refractivity contribution is -0.119. The minimum Gasteiger partial charge on any atom is -0.472 e. The first-order valence-corrected chi connectivity index (χ1v) is 10.9. The second kappa shape index (κ2) is 10.6. The predicted molar refractivity (Wildman–Crippen MR) is 124 cm³/mol. The molecular formula is C23H21BrF2N4O4. The van der Waals surface area contributed by atoms with Gasteiger partial charge in [0.1, 0.15) is 28.5 Å². The lowest BCUT2D eigenvalue weighted by Crippen LogP contribution is -2.35. The predicted octanol–water partition coefficient (Wildman–Crippen LogP) is 2.94. The molecule has 0 saturated heterocycles. The number of hydrogen-bond donors (Lipinski definition) is 2. The third-order valence-electron chi connectivity index (χ3n) is 4.95. The number of benzene rings is 2. The van der Waals surface area contributed by atoms with Crippen LogP contribution in [0.4, 0.5) is 8.78 Å². The fraction of sp³-hybridized carbons (Fsp3) is 0.217. The molecule has 0 spiro atoms. The summed E-state index contributed by atoms with van der Waals surface area (Å²) in [7, 11) is 1.46. The maximum Gasteiger partial charge on any atom is 0.276 e. The van der Waals surface area contributed by atoms with E-state index in [-0.39, 0.29) is 46.4 Å². The molecule has 1 heterocycles. The molecule has 1 aromatic heterocycles. The van der Waals surface area contributed by atoms with Gasteiger partial charge in [0.15, 0.2) is 0 Å². The summed E-state index contributed by atoms with van der Waals surface area (Å²) in [5.41, 5.74) is 0.957. The van der Waals surface area contributed by atoms with Crippen LogP contribution in [0, 0.1) is 25.5 Å². The number of carbonyl (C=O) groups is 2. The van der Waals surface area contributed by atoms with Crippen molar-refractivity contribution in [2.75, 3.05) is 13.6 Å². The Bertz CT molecular complexity index is 1330. The van der Waals surface area contributed by atoms with Crippen molar-refractivity contribution >= 4 is 27.7 Å². The van der Waals surface area contributed by atoms with E-state index in [4.69, 9.17) is 4.74 Å². The van der Waals surface area contributed by atoms with E-state index in [1.807, 2.05) is 0 Å². The summed E-state index contributed by atoms with van der Waals surface area (Å²) < 4.78 is 33.8. The largest absolute Gasteiger partial charge is 0.472 e. The number of rotatable bonds is 7. The number of halogens is 3. The van der Waals surface area contributed by atoms with Gasteiger partial charge in [0, 0.05) is 24.2 Å². The Morgan fingerprint density at radius 2 is 1.88 bits per heavy atom. The zero-order valence-electron chi connectivity index (χ0n) is 18.5. The van der Waals surface area contributed by atoms with Gasteiger partial charge >= 0.3 is 0 Å². The molecule has 2 amide bonds. The Balaban J connectivity index is 1.92. The van der Waals surface area contributed by atoms with Crippen LogP contribution in [0.1, 0.15) is 27.3 Å². The summed E-state index contributed by atoms with van der Waals surface area (Å²) in [4.78, 5) is 41.3. The zero-order valence-corrected chi connectivity index (χ0v) is 20.1. The van der Waals surface area contributed by atoms with Gasteiger partial charge < -0.3 is 15.4 Å². The molecule has 0 unspecified atom stereocenters. The topological polar surface area (TPSA) is 102 Å². The minimum absolute atomic E-state index is 0.00510. The first-order chi connectivity index (χ1) is 16.1. The van der Waals surface area contributed by atoms with Crippen LogP contribution < -0.4 is 20.9 Å². The number of carbonyl (C=O) groups excluding carboxylic acids is 2. The van der Waals surface area contributed by atoms with Crippen molar-refractivity contribution in [2.45, 2.75) is 20.5 Å². The highest BCUT2D eigenvalue weighted by Crippen LogP contribution is 2.24. The summed E-state index contributed by atoms with van der Waals surface area (Å²) in [6.07, 6.45) is 0. The third-order valence-corrected chi connectivity index (χ3v) is 5.62. The second-order valence-corrected chi connectivity index (χ2v) is 8.09. The molecule has 0 aliphatic heterocycles. The smallest absolute Gasteiger partial charge is 0.276 e. The van der Waals surface area contributed by atoms with Gasteiger partial charge in [0.05, 0.1) is 12.2 Å². The van der Waals surface area contributed by atoms with Gasteiger partial charge in [-0.1, -0.05) is 6.07 Å². The van der Waals surface area contributed by atoms with Crippen molar-refractivity contribution < 1.29 is 23.1 Å². The summed E-state index contributed by atoms with van der Waals surface area (Å²) in [6.45, 7) is 2.89. The number of nitrogens with zero attached hydrogens (tertiary/aromatic N) is 2. The minimum atomic E-state index is -0.775. The quantitative estimate of drug-likeness (QED) is 0.485. The standard InChI is InChI=1S/C23H21BrF2N4O4/c1-12-4-5-14(21(32)28-10-19(31)27-3)8-18(12)30-13(2)29-22(20(24)23(30)33)34-11-15-6-7-16(25)9-17(15)26/h4-9H,10-11H2,1-3H3,(H,27,31)(H,28,32). The highest BCUT2D eigenvalue weighted by molar-refractivity contribution is 9.10. The normalized spacial score (nSPS) is 10.6. The Hall–Kier alpha value is -3.60. The summed E-state index contributed by atoms with van der Waals surface area (Å²) in [6, 6.07) is 7.86. The van der Waals surface area contributed by atoms with Crippen LogP contribution in [-0.2, 0) is 11.4 Å². The van der Waals surface area contributed by atoms with Crippen LogP contribution in [-0.4, -0.2) is 35.0 Å². The number of amides is 2. The van der Waals surface area contributed by atoms with E-state index >= 15 is 0 Å². The molecule has 2 N–H and O–H groups in total. The molecule has 3 rings (SSSR count). The number of aryl methyl sites for hydroxylation is 2. The molecule has 0 atom stereocenters. The van der Waals surface area contributed by atoms with Gasteiger partial charge in [-0.25, -0.2) is 8.78 Å². The molecular weight excluding hydrogens is 514 g/mol. The molecule has 8 nitrogen and oxygen atoms in total. The lowest BCUT2D eigenvalue weighted by Gasteiger charge is -2.16. The lowest BCUT2D eigenvalue weighted by atomic mass is 10.1. The van der Waals surface area contributed by atoms with Crippen molar-refractivity contribution in [1.82, 2.24) is 20.2 Å². The Morgan fingerprint density at radius 3 is 2.56 bits per heavy atom. The molecule has 0 bridgehead atoms. The molecule has 0 radical (unpaired) electrons. The first kappa shape index (κ1) is 25.0. The molecule has 0 aliphatic rings. The van der Waals surface area contributed by atoms with E-state index in [1.54, 1.807) is 26.0 Å². The number of ether oxygens (including phenoxy) is 1. The Labute approximate surface area is 202 Å². The zero-order chi connectivity index (χ0) is 25.0. The SMILES string of the molecule is CNC(=O)CNC(=O)c1ccc(C)c(-n2c(C)nc(OCc3ccc(F)cc3F)c(Br)c2=O)c1. The van der Waals surface area contributed by atoms with Crippen molar-refractivity contribution in [3.8, 4) is 11.6 Å². The number of hydrogen-bond acceptors (Lipinski definition) is 5.